The van der Waals surface area contributed by atoms with Crippen molar-refractivity contribution >= 4 is 31.9 Å². The van der Waals surface area contributed by atoms with E-state index in [-0.39, 0.29) is 0 Å². The van der Waals surface area contributed by atoms with E-state index in [2.05, 4.69) is 74.0 Å². The van der Waals surface area contributed by atoms with Gasteiger partial charge in [-0.3, -0.25) is 0 Å². The highest BCUT2D eigenvalue weighted by molar-refractivity contribution is 9.10. The highest BCUT2D eigenvalue weighted by Crippen LogP contribution is 2.25. The molecule has 0 saturated carbocycles. The molecule has 0 aliphatic carbocycles. The molecule has 1 unspecified atom stereocenters. The van der Waals surface area contributed by atoms with Crippen LogP contribution >= 0.6 is 31.9 Å². The van der Waals surface area contributed by atoms with Crippen molar-refractivity contribution in [3.63, 3.8) is 0 Å². The quantitative estimate of drug-likeness (QED) is 0.715. The molecule has 0 spiro atoms. The molecule has 0 amide bonds. The van der Waals surface area contributed by atoms with Crippen LogP contribution in [-0.2, 0) is 6.42 Å². The fraction of sp³-hybridized carbons (Fsp3) is 0.429. The van der Waals surface area contributed by atoms with Crippen LogP contribution in [0.4, 0.5) is 0 Å². The van der Waals surface area contributed by atoms with Gasteiger partial charge in [0, 0.05) is 28.2 Å². The molecule has 0 saturated heterocycles. The summed E-state index contributed by atoms with van der Waals surface area (Å²) in [6.45, 7) is 4.25. The summed E-state index contributed by atoms with van der Waals surface area (Å²) in [5, 5.41) is 5.21. The number of hydrogen-bond donors (Lipinski definition) is 0. The van der Waals surface area contributed by atoms with Gasteiger partial charge in [0.2, 0.25) is 0 Å². The molecule has 1 heterocycles. The van der Waals surface area contributed by atoms with Crippen molar-refractivity contribution in [1.29, 1.82) is 0 Å². The van der Waals surface area contributed by atoms with Crippen molar-refractivity contribution < 1.29 is 0 Å². The Morgan fingerprint density at radius 1 is 1.32 bits per heavy atom. The Morgan fingerprint density at radius 3 is 2.74 bits per heavy atom. The highest BCUT2D eigenvalue weighted by Gasteiger charge is 2.16. The second-order valence-corrected chi connectivity index (χ2v) is 6.39. The molecule has 0 aliphatic rings. The number of nitrogens with zero attached hydrogens (tertiary/aromatic N) is 3. The number of benzene rings is 1. The van der Waals surface area contributed by atoms with Crippen LogP contribution in [0.5, 0.6) is 0 Å². The van der Waals surface area contributed by atoms with E-state index in [0.717, 1.165) is 22.0 Å². The fourth-order valence-corrected chi connectivity index (χ4v) is 3.11. The minimum Gasteiger partial charge on any atom is -0.248 e. The van der Waals surface area contributed by atoms with Crippen LogP contribution in [0, 0.1) is 0 Å². The molecular weight excluding hydrogens is 370 g/mol. The number of halogens is 2. The molecule has 0 bridgehead atoms. The third-order valence-corrected chi connectivity index (χ3v) is 4.35. The summed E-state index contributed by atoms with van der Waals surface area (Å²) in [7, 11) is 0. The lowest BCUT2D eigenvalue weighted by Crippen LogP contribution is -2.13. The van der Waals surface area contributed by atoms with E-state index in [1.54, 1.807) is 6.33 Å². The van der Waals surface area contributed by atoms with E-state index in [0.29, 0.717) is 12.0 Å². The zero-order valence-electron chi connectivity index (χ0n) is 11.1. The molecule has 2 rings (SSSR count). The summed E-state index contributed by atoms with van der Waals surface area (Å²) in [6.07, 6.45) is 2.53. The van der Waals surface area contributed by atoms with E-state index in [1.165, 1.54) is 5.56 Å². The van der Waals surface area contributed by atoms with Crippen molar-refractivity contribution in [3.8, 4) is 0 Å². The van der Waals surface area contributed by atoms with Crippen molar-refractivity contribution in [1.82, 2.24) is 14.8 Å². The molecule has 102 valence electrons. The first-order valence-electron chi connectivity index (χ1n) is 6.31. The van der Waals surface area contributed by atoms with Crippen molar-refractivity contribution in [2.24, 2.45) is 0 Å². The predicted octanol–water partition coefficient (Wildman–Crippen LogP) is 4.34. The van der Waals surface area contributed by atoms with Crippen molar-refractivity contribution in [3.05, 3.63) is 46.5 Å². The molecule has 0 fully saturated rings. The second kappa shape index (κ2) is 6.66. The number of hydrogen-bond acceptors (Lipinski definition) is 2. The third kappa shape index (κ3) is 3.66. The summed E-state index contributed by atoms with van der Waals surface area (Å²) in [6, 6.07) is 8.79. The van der Waals surface area contributed by atoms with E-state index < -0.39 is 0 Å². The Balaban J connectivity index is 2.22. The van der Waals surface area contributed by atoms with E-state index >= 15 is 0 Å². The molecule has 5 heteroatoms. The zero-order valence-corrected chi connectivity index (χ0v) is 14.2. The first-order chi connectivity index (χ1) is 9.11. The molecule has 1 aromatic carbocycles. The summed E-state index contributed by atoms with van der Waals surface area (Å²) >= 11 is 7.14. The van der Waals surface area contributed by atoms with E-state index in [4.69, 9.17) is 0 Å². The minimum atomic E-state index is 0.344. The van der Waals surface area contributed by atoms with Gasteiger partial charge in [0.05, 0.1) is 0 Å². The second-order valence-electron chi connectivity index (χ2n) is 4.82. The fourth-order valence-electron chi connectivity index (χ4n) is 2.09. The van der Waals surface area contributed by atoms with Crippen LogP contribution in [0.15, 0.2) is 35.1 Å². The van der Waals surface area contributed by atoms with E-state index in [9.17, 15) is 0 Å². The van der Waals surface area contributed by atoms with Crippen LogP contribution in [0.2, 0.25) is 0 Å². The molecule has 1 aromatic heterocycles. The lowest BCUT2D eigenvalue weighted by Gasteiger charge is -2.16. The van der Waals surface area contributed by atoms with Crippen LogP contribution in [-0.4, -0.2) is 20.1 Å². The Labute approximate surface area is 130 Å². The monoisotopic (exact) mass is 385 g/mol. The van der Waals surface area contributed by atoms with Crippen LogP contribution in [0.25, 0.3) is 0 Å². The molecule has 0 radical (unpaired) electrons. The maximum Gasteiger partial charge on any atom is 0.138 e. The molecule has 0 aliphatic heterocycles. The van der Waals surface area contributed by atoms with Gasteiger partial charge >= 0.3 is 0 Å². The maximum atomic E-state index is 4.39. The molecule has 3 nitrogen and oxygen atoms in total. The average molecular weight is 387 g/mol. The van der Waals surface area contributed by atoms with Crippen LogP contribution in [0.1, 0.15) is 37.2 Å². The maximum absolute atomic E-state index is 4.39. The van der Waals surface area contributed by atoms with Crippen LogP contribution < -0.4 is 0 Å². The van der Waals surface area contributed by atoms with Gasteiger partial charge in [-0.1, -0.05) is 44.0 Å². The number of alkyl halides is 1. The van der Waals surface area contributed by atoms with Gasteiger partial charge in [-0.15, -0.1) is 0 Å². The smallest absolute Gasteiger partial charge is 0.138 e. The Kier molecular flexibility index (Phi) is 5.16. The topological polar surface area (TPSA) is 30.7 Å². The molecule has 19 heavy (non-hydrogen) atoms. The van der Waals surface area contributed by atoms with Crippen molar-refractivity contribution in [2.75, 3.05) is 5.33 Å². The summed E-state index contributed by atoms with van der Waals surface area (Å²) < 4.78 is 3.11. The SMILES string of the molecule is CC(C)n1ncnc1CC(CBr)c1cccc(Br)c1. The normalized spacial score (nSPS) is 12.9. The van der Waals surface area contributed by atoms with Crippen molar-refractivity contribution in [2.45, 2.75) is 32.2 Å². The van der Waals surface area contributed by atoms with Gasteiger partial charge in [0.15, 0.2) is 0 Å². The summed E-state index contributed by atoms with van der Waals surface area (Å²) in [5.41, 5.74) is 1.31. The molecule has 0 N–H and O–H groups in total. The van der Waals surface area contributed by atoms with Gasteiger partial charge in [-0.05, 0) is 31.5 Å². The Morgan fingerprint density at radius 2 is 2.11 bits per heavy atom. The first kappa shape index (κ1) is 14.7. The van der Waals surface area contributed by atoms with Gasteiger partial charge < -0.3 is 0 Å². The zero-order chi connectivity index (χ0) is 13.8. The number of rotatable bonds is 5. The van der Waals surface area contributed by atoms with E-state index in [1.807, 2.05) is 10.7 Å². The third-order valence-electron chi connectivity index (χ3n) is 3.07. The van der Waals surface area contributed by atoms with Gasteiger partial charge in [0.1, 0.15) is 12.2 Å². The summed E-state index contributed by atoms with van der Waals surface area (Å²) in [4.78, 5) is 4.39. The van der Waals surface area contributed by atoms with Crippen LogP contribution in [0.3, 0.4) is 0 Å². The molecular formula is C14H17Br2N3. The largest absolute Gasteiger partial charge is 0.248 e. The lowest BCUT2D eigenvalue weighted by molar-refractivity contribution is 0.497. The van der Waals surface area contributed by atoms with Gasteiger partial charge in [-0.25, -0.2) is 9.67 Å². The Hall–Kier alpha value is -0.680. The first-order valence-corrected chi connectivity index (χ1v) is 8.23. The number of aromatic nitrogens is 3. The van der Waals surface area contributed by atoms with Gasteiger partial charge in [0.25, 0.3) is 0 Å². The standard InChI is InChI=1S/C14H17Br2N3/c1-10(2)19-14(17-9-18-19)7-12(8-15)11-4-3-5-13(16)6-11/h3-6,9-10,12H,7-8H2,1-2H3. The molecule has 1 atom stereocenters. The predicted molar refractivity (Wildman–Crippen MR) is 84.8 cm³/mol. The molecule has 2 aromatic rings. The Bertz CT molecular complexity index is 537. The lowest BCUT2D eigenvalue weighted by atomic mass is 9.97. The van der Waals surface area contributed by atoms with Gasteiger partial charge in [-0.2, -0.15) is 5.10 Å². The average Bonchev–Trinajstić information content (AvgIpc) is 2.84. The highest BCUT2D eigenvalue weighted by atomic mass is 79.9. The summed E-state index contributed by atoms with van der Waals surface area (Å²) in [5.74, 6) is 1.44. The minimum absolute atomic E-state index is 0.344.